The normalized spacial score (nSPS) is 17.1. The Hall–Kier alpha value is -2.47. The first-order valence-electron chi connectivity index (χ1n) is 9.03. The van der Waals surface area contributed by atoms with Crippen molar-refractivity contribution in [1.29, 1.82) is 0 Å². The van der Waals surface area contributed by atoms with Gasteiger partial charge in [0.25, 0.3) is 0 Å². The van der Waals surface area contributed by atoms with Gasteiger partial charge in [-0.15, -0.1) is 0 Å². The smallest absolute Gasteiger partial charge is 0.234 e. The van der Waals surface area contributed by atoms with E-state index in [-0.39, 0.29) is 12.0 Å². The van der Waals surface area contributed by atoms with Crippen LogP contribution in [0.4, 0.5) is 0 Å². The predicted octanol–water partition coefficient (Wildman–Crippen LogP) is 2.62. The van der Waals surface area contributed by atoms with Crippen molar-refractivity contribution < 1.29 is 18.7 Å². The van der Waals surface area contributed by atoms with Crippen molar-refractivity contribution in [1.82, 2.24) is 10.2 Å². The fourth-order valence-electron chi connectivity index (χ4n) is 3.10. The summed E-state index contributed by atoms with van der Waals surface area (Å²) in [4.78, 5) is 14.5. The maximum absolute atomic E-state index is 12.3. The predicted molar refractivity (Wildman–Crippen MR) is 98.4 cm³/mol. The summed E-state index contributed by atoms with van der Waals surface area (Å²) < 4.78 is 16.7. The van der Waals surface area contributed by atoms with Gasteiger partial charge in [0.15, 0.2) is 0 Å². The summed E-state index contributed by atoms with van der Waals surface area (Å²) in [6, 6.07) is 9.60. The van der Waals surface area contributed by atoms with Crippen molar-refractivity contribution in [3.63, 3.8) is 0 Å². The third-order valence-corrected chi connectivity index (χ3v) is 4.51. The lowest BCUT2D eigenvalue weighted by Crippen LogP contribution is -2.40. The Kier molecular flexibility index (Phi) is 6.17. The van der Waals surface area contributed by atoms with Gasteiger partial charge in [0.1, 0.15) is 23.4 Å². The number of carbonyl (C=O) groups excluding carboxylic acids is 1. The molecule has 1 aliphatic rings. The first kappa shape index (κ1) is 18.3. The number of furan rings is 1. The Labute approximate surface area is 154 Å². The zero-order valence-corrected chi connectivity index (χ0v) is 15.4. The molecular weight excluding hydrogens is 332 g/mol. The molecule has 1 aliphatic heterocycles. The molecule has 2 aromatic rings. The van der Waals surface area contributed by atoms with Crippen LogP contribution in [0, 0.1) is 0 Å². The first-order valence-corrected chi connectivity index (χ1v) is 9.03. The summed E-state index contributed by atoms with van der Waals surface area (Å²) >= 11 is 0. The van der Waals surface area contributed by atoms with Crippen molar-refractivity contribution >= 4 is 5.91 Å². The number of methoxy groups -OCH3 is 1. The fourth-order valence-corrected chi connectivity index (χ4v) is 3.10. The number of benzene rings is 1. The van der Waals surface area contributed by atoms with E-state index in [1.54, 1.807) is 13.4 Å². The Morgan fingerprint density at radius 3 is 3.00 bits per heavy atom. The van der Waals surface area contributed by atoms with E-state index in [2.05, 4.69) is 17.1 Å². The molecule has 0 aliphatic carbocycles. The lowest BCUT2D eigenvalue weighted by Gasteiger charge is -2.22. The van der Waals surface area contributed by atoms with Gasteiger partial charge in [-0.25, -0.2) is 0 Å². The van der Waals surface area contributed by atoms with Crippen LogP contribution in [0.1, 0.15) is 24.7 Å². The highest BCUT2D eigenvalue weighted by molar-refractivity contribution is 5.78. The molecule has 0 spiro atoms. The number of hydrogen-bond donors (Lipinski definition) is 1. The van der Waals surface area contributed by atoms with Crippen LogP contribution in [0.2, 0.25) is 0 Å². The number of ether oxygens (including phenoxy) is 2. The highest BCUT2D eigenvalue weighted by Gasteiger charge is 2.23. The van der Waals surface area contributed by atoms with E-state index in [9.17, 15) is 4.79 Å². The SMILES string of the molecule is CC[C@H]1CN(CC(=O)NCCc2ccco2)Cc2cc(OC)ccc2O1. The van der Waals surface area contributed by atoms with Crippen LogP contribution in [0.25, 0.3) is 0 Å². The molecule has 0 fully saturated rings. The molecular formula is C20H26N2O4. The number of rotatable bonds is 7. The minimum Gasteiger partial charge on any atom is -0.497 e. The van der Waals surface area contributed by atoms with Crippen molar-refractivity contribution in [3.8, 4) is 11.5 Å². The van der Waals surface area contributed by atoms with Crippen LogP contribution in [0.15, 0.2) is 41.0 Å². The standard InChI is InChI=1S/C20H26N2O4/c1-3-16-13-22(12-15-11-18(24-2)6-7-19(15)26-16)14-20(23)21-9-8-17-5-4-10-25-17/h4-7,10-11,16H,3,8-9,12-14H2,1-2H3,(H,21,23)/t16-/m0/s1. The second-order valence-corrected chi connectivity index (χ2v) is 6.47. The number of nitrogens with zero attached hydrogens (tertiary/aromatic N) is 1. The summed E-state index contributed by atoms with van der Waals surface area (Å²) in [7, 11) is 1.65. The third kappa shape index (κ3) is 4.79. The van der Waals surface area contributed by atoms with Crippen LogP contribution in [-0.2, 0) is 17.8 Å². The molecule has 26 heavy (non-hydrogen) atoms. The van der Waals surface area contributed by atoms with Gasteiger partial charge < -0.3 is 19.2 Å². The highest BCUT2D eigenvalue weighted by atomic mass is 16.5. The minimum atomic E-state index is 0.0118. The molecule has 1 atom stereocenters. The molecule has 0 saturated carbocycles. The van der Waals surface area contributed by atoms with Gasteiger partial charge in [0, 0.05) is 31.6 Å². The molecule has 1 N–H and O–H groups in total. The molecule has 1 amide bonds. The second kappa shape index (κ2) is 8.76. The van der Waals surface area contributed by atoms with Crippen LogP contribution >= 0.6 is 0 Å². The number of hydrogen-bond acceptors (Lipinski definition) is 5. The zero-order valence-electron chi connectivity index (χ0n) is 15.4. The molecule has 1 aromatic heterocycles. The second-order valence-electron chi connectivity index (χ2n) is 6.47. The van der Waals surface area contributed by atoms with Gasteiger partial charge in [0.2, 0.25) is 5.91 Å². The van der Waals surface area contributed by atoms with E-state index in [1.165, 1.54) is 0 Å². The van der Waals surface area contributed by atoms with Crippen LogP contribution in [-0.4, -0.2) is 43.7 Å². The highest BCUT2D eigenvalue weighted by Crippen LogP contribution is 2.29. The summed E-state index contributed by atoms with van der Waals surface area (Å²) in [5.41, 5.74) is 1.05. The monoisotopic (exact) mass is 358 g/mol. The van der Waals surface area contributed by atoms with Crippen LogP contribution < -0.4 is 14.8 Å². The van der Waals surface area contributed by atoms with Crippen LogP contribution in [0.3, 0.4) is 0 Å². The topological polar surface area (TPSA) is 63.9 Å². The molecule has 3 rings (SSSR count). The number of nitrogens with one attached hydrogen (secondary N) is 1. The Bertz CT molecular complexity index is 715. The Balaban J connectivity index is 1.59. The number of carbonyl (C=O) groups is 1. The summed E-state index contributed by atoms with van der Waals surface area (Å²) in [6.45, 7) is 4.39. The van der Waals surface area contributed by atoms with E-state index in [0.717, 1.165) is 35.8 Å². The molecule has 0 unspecified atom stereocenters. The molecule has 6 heteroatoms. The third-order valence-electron chi connectivity index (χ3n) is 4.51. The lowest BCUT2D eigenvalue weighted by atomic mass is 10.2. The average Bonchev–Trinajstić information content (AvgIpc) is 3.09. The maximum atomic E-state index is 12.3. The van der Waals surface area contributed by atoms with E-state index in [1.807, 2.05) is 30.3 Å². The maximum Gasteiger partial charge on any atom is 0.234 e. The number of amides is 1. The Morgan fingerprint density at radius 1 is 1.38 bits per heavy atom. The minimum absolute atomic E-state index is 0.0118. The van der Waals surface area contributed by atoms with Crippen molar-refractivity contribution in [2.45, 2.75) is 32.4 Å². The fraction of sp³-hybridized carbons (Fsp3) is 0.450. The van der Waals surface area contributed by atoms with E-state index in [0.29, 0.717) is 26.1 Å². The molecule has 0 radical (unpaired) electrons. The molecule has 0 saturated heterocycles. The molecule has 140 valence electrons. The summed E-state index contributed by atoms with van der Waals surface area (Å²) in [5, 5.41) is 2.96. The first-order chi connectivity index (χ1) is 12.7. The zero-order chi connectivity index (χ0) is 18.4. The van der Waals surface area contributed by atoms with Gasteiger partial charge in [-0.05, 0) is 36.8 Å². The molecule has 6 nitrogen and oxygen atoms in total. The van der Waals surface area contributed by atoms with E-state index < -0.39 is 0 Å². The van der Waals surface area contributed by atoms with E-state index >= 15 is 0 Å². The summed E-state index contributed by atoms with van der Waals surface area (Å²) in [5.74, 6) is 2.56. The molecule has 2 heterocycles. The molecule has 1 aromatic carbocycles. The van der Waals surface area contributed by atoms with Crippen molar-refractivity contribution in [2.24, 2.45) is 0 Å². The average molecular weight is 358 g/mol. The Morgan fingerprint density at radius 2 is 2.27 bits per heavy atom. The van der Waals surface area contributed by atoms with Gasteiger partial charge in [0.05, 0.1) is 19.9 Å². The van der Waals surface area contributed by atoms with Gasteiger partial charge in [-0.2, -0.15) is 0 Å². The van der Waals surface area contributed by atoms with Gasteiger partial charge >= 0.3 is 0 Å². The van der Waals surface area contributed by atoms with Gasteiger partial charge in [-0.1, -0.05) is 6.92 Å². The van der Waals surface area contributed by atoms with Crippen molar-refractivity contribution in [3.05, 3.63) is 47.9 Å². The van der Waals surface area contributed by atoms with Gasteiger partial charge in [-0.3, -0.25) is 9.69 Å². The quantitative estimate of drug-likeness (QED) is 0.824. The van der Waals surface area contributed by atoms with Crippen LogP contribution in [0.5, 0.6) is 11.5 Å². The number of fused-ring (bicyclic) bond motifs is 1. The lowest BCUT2D eigenvalue weighted by molar-refractivity contribution is -0.122. The molecule has 0 bridgehead atoms. The van der Waals surface area contributed by atoms with E-state index in [4.69, 9.17) is 13.9 Å². The van der Waals surface area contributed by atoms with Crippen molar-refractivity contribution in [2.75, 3.05) is 26.7 Å². The largest absolute Gasteiger partial charge is 0.497 e. The summed E-state index contributed by atoms with van der Waals surface area (Å²) in [6.07, 6.45) is 3.30.